The molecule has 0 amide bonds. The van der Waals surface area contributed by atoms with E-state index in [1.54, 1.807) is 6.08 Å². The van der Waals surface area contributed by atoms with E-state index in [4.69, 9.17) is 0 Å². The summed E-state index contributed by atoms with van der Waals surface area (Å²) in [6, 6.07) is 7.54. The summed E-state index contributed by atoms with van der Waals surface area (Å²) >= 11 is 3.36. The zero-order valence-corrected chi connectivity index (χ0v) is 11.7. The molecule has 1 fully saturated rings. The van der Waals surface area contributed by atoms with Crippen molar-refractivity contribution in [2.75, 3.05) is 0 Å². The molecule has 0 bridgehead atoms. The average Bonchev–Trinajstić information content (AvgIpc) is 2.38. The third-order valence-corrected chi connectivity index (χ3v) is 3.74. The molecule has 1 saturated carbocycles. The van der Waals surface area contributed by atoms with E-state index in [0.29, 0.717) is 0 Å². The van der Waals surface area contributed by atoms with Crippen LogP contribution in [-0.4, -0.2) is 16.3 Å². The summed E-state index contributed by atoms with van der Waals surface area (Å²) in [5.74, 6) is 0. The van der Waals surface area contributed by atoms with Crippen LogP contribution in [0, 0.1) is 0 Å². The first-order chi connectivity index (χ1) is 8.66. The molecule has 0 radical (unpaired) electrons. The van der Waals surface area contributed by atoms with Crippen LogP contribution in [-0.2, 0) is 0 Å². The minimum atomic E-state index is -0.667. The summed E-state index contributed by atoms with van der Waals surface area (Å²) in [4.78, 5) is 0. The minimum absolute atomic E-state index is 0.382. The third-order valence-electron chi connectivity index (χ3n) is 3.21. The molecule has 0 aromatic heterocycles. The molecule has 2 nitrogen and oxygen atoms in total. The van der Waals surface area contributed by atoms with Crippen molar-refractivity contribution in [3.63, 3.8) is 0 Å². The van der Waals surface area contributed by atoms with Gasteiger partial charge in [0.25, 0.3) is 0 Å². The quantitative estimate of drug-likeness (QED) is 0.821. The maximum atomic E-state index is 10.00. The maximum absolute atomic E-state index is 10.00. The van der Waals surface area contributed by atoms with Gasteiger partial charge in [0, 0.05) is 4.47 Å². The van der Waals surface area contributed by atoms with Crippen LogP contribution in [0.5, 0.6) is 0 Å². The summed E-state index contributed by atoms with van der Waals surface area (Å²) in [5.41, 5.74) is 4.81. The van der Waals surface area contributed by atoms with Crippen LogP contribution in [0.25, 0.3) is 0 Å². The molecule has 0 heterocycles. The Bertz CT molecular complexity index is 458. The molecule has 0 spiro atoms. The van der Waals surface area contributed by atoms with Crippen LogP contribution in [0.2, 0.25) is 0 Å². The lowest BCUT2D eigenvalue weighted by atomic mass is 9.92. The second-order valence-corrected chi connectivity index (χ2v) is 5.51. The fraction of sp³-hybridized carbons (Fsp3) is 0.400. The Hall–Kier alpha value is -0.860. The summed E-state index contributed by atoms with van der Waals surface area (Å²) in [6.45, 7) is 0. The minimum Gasteiger partial charge on any atom is -0.388 e. The molecule has 3 heteroatoms. The lowest BCUT2D eigenvalue weighted by molar-refractivity contribution is 0.178. The molecular weight excluding hydrogens is 292 g/mol. The molecule has 18 heavy (non-hydrogen) atoms. The van der Waals surface area contributed by atoms with Crippen LogP contribution < -0.4 is 0 Å². The van der Waals surface area contributed by atoms with Gasteiger partial charge in [-0.3, -0.25) is 0 Å². The number of aliphatic hydroxyl groups is 2. The van der Waals surface area contributed by atoms with Gasteiger partial charge < -0.3 is 10.2 Å². The highest BCUT2D eigenvalue weighted by Gasteiger charge is 2.15. The van der Waals surface area contributed by atoms with Crippen LogP contribution in [0.4, 0.5) is 0 Å². The Morgan fingerprint density at radius 1 is 1.28 bits per heavy atom. The van der Waals surface area contributed by atoms with E-state index in [9.17, 15) is 10.2 Å². The van der Waals surface area contributed by atoms with Gasteiger partial charge in [0.2, 0.25) is 0 Å². The molecule has 0 saturated heterocycles. The van der Waals surface area contributed by atoms with Gasteiger partial charge in [-0.15, -0.1) is 5.73 Å². The summed E-state index contributed by atoms with van der Waals surface area (Å²) in [5, 5.41) is 19.8. The fourth-order valence-corrected chi connectivity index (χ4v) is 2.37. The Balaban J connectivity index is 2.12. The van der Waals surface area contributed by atoms with Gasteiger partial charge >= 0.3 is 0 Å². The molecule has 1 aromatic carbocycles. The zero-order valence-electron chi connectivity index (χ0n) is 10.1. The van der Waals surface area contributed by atoms with E-state index in [2.05, 4.69) is 21.7 Å². The molecular formula is C15H17BrO2. The number of halogens is 1. The molecule has 2 atom stereocenters. The van der Waals surface area contributed by atoms with E-state index in [-0.39, 0.29) is 6.10 Å². The second kappa shape index (κ2) is 6.35. The molecule has 0 aliphatic heterocycles. The van der Waals surface area contributed by atoms with E-state index in [1.165, 1.54) is 0 Å². The largest absolute Gasteiger partial charge is 0.388 e. The van der Waals surface area contributed by atoms with Crippen molar-refractivity contribution in [2.45, 2.75) is 37.9 Å². The lowest BCUT2D eigenvalue weighted by Gasteiger charge is -2.18. The van der Waals surface area contributed by atoms with Crippen molar-refractivity contribution in [3.05, 3.63) is 51.7 Å². The Morgan fingerprint density at radius 2 is 2.00 bits per heavy atom. The molecule has 1 aliphatic rings. The SMILES string of the molecule is OC(C=C=C1CCCC[C@@H]1O)c1ccc(Br)cc1. The first kappa shape index (κ1) is 13.6. The predicted molar refractivity (Wildman–Crippen MR) is 75.2 cm³/mol. The van der Waals surface area contributed by atoms with Gasteiger partial charge in [-0.1, -0.05) is 34.5 Å². The zero-order chi connectivity index (χ0) is 13.0. The molecule has 2 N–H and O–H groups in total. The molecule has 1 aromatic rings. The summed E-state index contributed by atoms with van der Waals surface area (Å²) in [6.07, 6.45) is 4.44. The Kier molecular flexibility index (Phi) is 4.79. The number of hydrogen-bond donors (Lipinski definition) is 2. The van der Waals surface area contributed by atoms with Gasteiger partial charge in [-0.25, -0.2) is 0 Å². The normalized spacial score (nSPS) is 21.3. The van der Waals surface area contributed by atoms with Crippen molar-refractivity contribution in [1.29, 1.82) is 0 Å². The van der Waals surface area contributed by atoms with Crippen LogP contribution in [0.3, 0.4) is 0 Å². The van der Waals surface area contributed by atoms with E-state index in [0.717, 1.165) is 41.3 Å². The van der Waals surface area contributed by atoms with Crippen molar-refractivity contribution in [1.82, 2.24) is 0 Å². The van der Waals surface area contributed by atoms with E-state index < -0.39 is 6.10 Å². The highest BCUT2D eigenvalue weighted by atomic mass is 79.9. The van der Waals surface area contributed by atoms with Crippen molar-refractivity contribution in [2.24, 2.45) is 0 Å². The smallest absolute Gasteiger partial charge is 0.104 e. The molecule has 1 unspecified atom stereocenters. The lowest BCUT2D eigenvalue weighted by Crippen LogP contribution is -2.14. The van der Waals surface area contributed by atoms with Gasteiger partial charge in [0.15, 0.2) is 0 Å². The Labute approximate surface area is 116 Å². The van der Waals surface area contributed by atoms with Gasteiger partial charge in [-0.2, -0.15) is 0 Å². The molecule has 2 rings (SSSR count). The molecule has 96 valence electrons. The number of aliphatic hydroxyl groups excluding tert-OH is 2. The topological polar surface area (TPSA) is 40.5 Å². The number of rotatable bonds is 2. The first-order valence-electron chi connectivity index (χ1n) is 6.24. The summed E-state index contributed by atoms with van der Waals surface area (Å²) < 4.78 is 0.989. The average molecular weight is 309 g/mol. The fourth-order valence-electron chi connectivity index (χ4n) is 2.10. The third kappa shape index (κ3) is 3.56. The highest BCUT2D eigenvalue weighted by molar-refractivity contribution is 9.10. The maximum Gasteiger partial charge on any atom is 0.104 e. The van der Waals surface area contributed by atoms with Crippen LogP contribution in [0.15, 0.2) is 46.1 Å². The van der Waals surface area contributed by atoms with Gasteiger partial charge in [0.1, 0.15) is 6.10 Å². The number of hydrogen-bond acceptors (Lipinski definition) is 2. The first-order valence-corrected chi connectivity index (χ1v) is 7.03. The van der Waals surface area contributed by atoms with Crippen LogP contribution in [0.1, 0.15) is 37.4 Å². The highest BCUT2D eigenvalue weighted by Crippen LogP contribution is 2.23. The summed E-state index contributed by atoms with van der Waals surface area (Å²) in [7, 11) is 0. The van der Waals surface area contributed by atoms with Crippen LogP contribution >= 0.6 is 15.9 Å². The monoisotopic (exact) mass is 308 g/mol. The van der Waals surface area contributed by atoms with E-state index >= 15 is 0 Å². The Morgan fingerprint density at radius 3 is 2.67 bits per heavy atom. The predicted octanol–water partition coefficient (Wildman–Crippen LogP) is 3.50. The van der Waals surface area contributed by atoms with Crippen molar-refractivity contribution < 1.29 is 10.2 Å². The second-order valence-electron chi connectivity index (χ2n) is 4.59. The van der Waals surface area contributed by atoms with Gasteiger partial charge in [-0.05, 0) is 48.6 Å². The standard InChI is InChI=1S/C15H17BrO2/c16-13-8-5-12(6-9-13)15(18)10-7-11-3-1-2-4-14(11)17/h5-6,8-10,14-15,17-18H,1-4H2/t7?,14-,15?/m0/s1. The van der Waals surface area contributed by atoms with Crippen molar-refractivity contribution >= 4 is 15.9 Å². The van der Waals surface area contributed by atoms with Crippen molar-refractivity contribution in [3.8, 4) is 0 Å². The van der Waals surface area contributed by atoms with E-state index in [1.807, 2.05) is 24.3 Å². The molecule has 1 aliphatic carbocycles. The number of benzene rings is 1. The van der Waals surface area contributed by atoms with Gasteiger partial charge in [0.05, 0.1) is 6.10 Å².